The fourth-order valence-electron chi connectivity index (χ4n) is 3.50. The first kappa shape index (κ1) is 25.5. The van der Waals surface area contributed by atoms with Crippen LogP contribution in [0.4, 0.5) is 4.39 Å². The van der Waals surface area contributed by atoms with E-state index in [2.05, 4.69) is 19.2 Å². The second-order valence-corrected chi connectivity index (χ2v) is 8.56. The summed E-state index contributed by atoms with van der Waals surface area (Å²) in [5.74, 6) is -0.0701. The zero-order chi connectivity index (χ0) is 24.5. The minimum atomic E-state index is -0.463. The molecule has 3 rings (SSSR count). The molecule has 1 aliphatic rings. The van der Waals surface area contributed by atoms with E-state index in [0.717, 1.165) is 32.7 Å². The number of benzene rings is 2. The summed E-state index contributed by atoms with van der Waals surface area (Å²) in [4.78, 5) is 12.4. The first-order valence-corrected chi connectivity index (χ1v) is 11.6. The molecule has 2 aromatic rings. The summed E-state index contributed by atoms with van der Waals surface area (Å²) in [5.41, 5.74) is 4.62. The molecule has 0 heterocycles. The molecule has 178 valence electrons. The van der Waals surface area contributed by atoms with Crippen molar-refractivity contribution in [3.63, 3.8) is 0 Å². The van der Waals surface area contributed by atoms with E-state index in [9.17, 15) is 14.3 Å². The van der Waals surface area contributed by atoms with Gasteiger partial charge in [-0.15, -0.1) is 12.6 Å². The van der Waals surface area contributed by atoms with Crippen molar-refractivity contribution in [1.29, 1.82) is 0 Å². The van der Waals surface area contributed by atoms with Crippen molar-refractivity contribution in [2.24, 2.45) is 0 Å². The highest BCUT2D eigenvalue weighted by atomic mass is 32.1. The van der Waals surface area contributed by atoms with Gasteiger partial charge in [-0.3, -0.25) is 0 Å². The molecule has 0 atom stereocenters. The smallest absolute Gasteiger partial charge is 0.333 e. The maximum atomic E-state index is 14.8. The van der Waals surface area contributed by atoms with Crippen LogP contribution in [0.3, 0.4) is 0 Å². The third-order valence-corrected chi connectivity index (χ3v) is 5.60. The van der Waals surface area contributed by atoms with Crippen LogP contribution in [0.15, 0.2) is 83.6 Å². The van der Waals surface area contributed by atoms with E-state index in [1.807, 2.05) is 54.6 Å². The van der Waals surface area contributed by atoms with Crippen LogP contribution in [0.2, 0.25) is 0 Å². The van der Waals surface area contributed by atoms with Crippen molar-refractivity contribution in [1.82, 2.24) is 0 Å². The van der Waals surface area contributed by atoms with Crippen LogP contribution in [0.25, 0.3) is 11.1 Å². The topological polar surface area (TPSA) is 55.8 Å². The third-order valence-electron chi connectivity index (χ3n) is 5.30. The number of aliphatic hydroxyl groups is 1. The van der Waals surface area contributed by atoms with E-state index in [0.29, 0.717) is 24.2 Å². The zero-order valence-corrected chi connectivity index (χ0v) is 20.1. The minimum absolute atomic E-state index is 0.0698. The highest BCUT2D eigenvalue weighted by molar-refractivity contribution is 7.80. The van der Waals surface area contributed by atoms with Crippen molar-refractivity contribution in [3.8, 4) is 5.75 Å². The van der Waals surface area contributed by atoms with Gasteiger partial charge >= 0.3 is 5.97 Å². The summed E-state index contributed by atoms with van der Waals surface area (Å²) in [6.45, 7) is 5.48. The van der Waals surface area contributed by atoms with Crippen LogP contribution in [0.5, 0.6) is 5.75 Å². The normalized spacial score (nSPS) is 13.4. The molecule has 2 aromatic carbocycles. The largest absolute Gasteiger partial charge is 0.490 e. The van der Waals surface area contributed by atoms with Crippen molar-refractivity contribution >= 4 is 29.7 Å². The van der Waals surface area contributed by atoms with E-state index in [1.54, 1.807) is 13.0 Å². The molecule has 6 heteroatoms. The van der Waals surface area contributed by atoms with E-state index in [4.69, 9.17) is 9.47 Å². The van der Waals surface area contributed by atoms with Gasteiger partial charge in [0.15, 0.2) is 0 Å². The fraction of sp³-hybridized carbons (Fsp3) is 0.250. The van der Waals surface area contributed by atoms with Crippen molar-refractivity contribution < 1.29 is 23.8 Å². The van der Waals surface area contributed by atoms with E-state index < -0.39 is 5.97 Å². The lowest BCUT2D eigenvalue weighted by Gasteiger charge is -2.15. The Morgan fingerprint density at radius 3 is 2.56 bits per heavy atom. The van der Waals surface area contributed by atoms with Crippen LogP contribution in [-0.2, 0) is 16.0 Å². The van der Waals surface area contributed by atoms with Gasteiger partial charge in [-0.05, 0) is 71.9 Å². The van der Waals surface area contributed by atoms with Gasteiger partial charge in [0.2, 0.25) is 0 Å². The Bertz CT molecular complexity index is 1130. The maximum Gasteiger partial charge on any atom is 0.333 e. The Morgan fingerprint density at radius 2 is 1.85 bits per heavy atom. The number of ether oxygens (including phenoxy) is 2. The van der Waals surface area contributed by atoms with Crippen LogP contribution < -0.4 is 4.74 Å². The molecule has 0 bridgehead atoms. The van der Waals surface area contributed by atoms with E-state index in [-0.39, 0.29) is 32.1 Å². The summed E-state index contributed by atoms with van der Waals surface area (Å²) >= 11 is 4.31. The number of hydrogen-bond donors (Lipinski definition) is 2. The second kappa shape index (κ2) is 12.4. The average molecular weight is 481 g/mol. The summed E-state index contributed by atoms with van der Waals surface area (Å²) in [6, 6.07) is 13.3. The summed E-state index contributed by atoms with van der Waals surface area (Å²) in [6.07, 6.45) is 6.78. The van der Waals surface area contributed by atoms with Gasteiger partial charge in [-0.1, -0.05) is 43.0 Å². The Hall–Kier alpha value is -3.09. The van der Waals surface area contributed by atoms with Crippen LogP contribution in [0.1, 0.15) is 36.5 Å². The number of allylic oxidation sites excluding steroid dienone is 6. The SMILES string of the molecule is C=C(C)C(=O)OCCOc1cc(C2=CC=C(c3ccc(S)cc3)C=C(F)C2)ccc1CCCO. The number of thiol groups is 1. The molecule has 0 fully saturated rings. The first-order chi connectivity index (χ1) is 16.4. The lowest BCUT2D eigenvalue weighted by molar-refractivity contribution is -0.139. The van der Waals surface area contributed by atoms with E-state index in [1.165, 1.54) is 0 Å². The predicted molar refractivity (Wildman–Crippen MR) is 137 cm³/mol. The third kappa shape index (κ3) is 7.20. The standard InChI is InChI=1S/C28H29FO4S/c1-19(2)28(31)33-15-14-32-27-18-24(6-5-21(27)4-3-13-30)23-8-7-22(16-25(29)17-23)20-9-11-26(34)12-10-20/h5-12,16,18,30,34H,1,3-4,13-15,17H2,2H3. The van der Waals surface area contributed by atoms with Crippen molar-refractivity contribution in [3.05, 3.63) is 95.4 Å². The minimum Gasteiger partial charge on any atom is -0.490 e. The van der Waals surface area contributed by atoms with Gasteiger partial charge in [0, 0.05) is 23.5 Å². The highest BCUT2D eigenvalue weighted by Crippen LogP contribution is 2.33. The highest BCUT2D eigenvalue weighted by Gasteiger charge is 2.13. The van der Waals surface area contributed by atoms with Gasteiger partial charge in [0.05, 0.1) is 0 Å². The predicted octanol–water partition coefficient (Wildman–Crippen LogP) is 6.12. The Labute approximate surface area is 205 Å². The molecule has 0 unspecified atom stereocenters. The number of carbonyl (C=O) groups is 1. The van der Waals surface area contributed by atoms with E-state index >= 15 is 0 Å². The number of carbonyl (C=O) groups excluding carboxylic acids is 1. The maximum absolute atomic E-state index is 14.8. The second-order valence-electron chi connectivity index (χ2n) is 8.04. The molecule has 0 saturated heterocycles. The van der Waals surface area contributed by atoms with Gasteiger partial charge in [0.25, 0.3) is 0 Å². The van der Waals surface area contributed by atoms with Crippen molar-refractivity contribution in [2.45, 2.75) is 31.1 Å². The number of esters is 1. The molecule has 0 saturated carbocycles. The first-order valence-electron chi connectivity index (χ1n) is 11.1. The number of aryl methyl sites for hydroxylation is 1. The number of aliphatic hydroxyl groups excluding tert-OH is 1. The lowest BCUT2D eigenvalue weighted by atomic mass is 9.98. The molecular formula is C28H29FO4S. The molecule has 0 spiro atoms. The summed E-state index contributed by atoms with van der Waals surface area (Å²) in [7, 11) is 0. The lowest BCUT2D eigenvalue weighted by Crippen LogP contribution is -2.13. The summed E-state index contributed by atoms with van der Waals surface area (Å²) < 4.78 is 25.8. The molecule has 4 nitrogen and oxygen atoms in total. The molecule has 1 N–H and O–H groups in total. The molecular weight excluding hydrogens is 451 g/mol. The van der Waals surface area contributed by atoms with Gasteiger partial charge in [-0.2, -0.15) is 0 Å². The number of hydrogen-bond acceptors (Lipinski definition) is 5. The Morgan fingerprint density at radius 1 is 1.12 bits per heavy atom. The zero-order valence-electron chi connectivity index (χ0n) is 19.2. The van der Waals surface area contributed by atoms with Crippen LogP contribution >= 0.6 is 12.6 Å². The Balaban J connectivity index is 1.82. The molecule has 0 aliphatic heterocycles. The van der Waals surface area contributed by atoms with Gasteiger partial charge in [0.1, 0.15) is 24.8 Å². The average Bonchev–Trinajstić information content (AvgIpc) is 3.02. The van der Waals surface area contributed by atoms with Crippen LogP contribution in [0, 0.1) is 0 Å². The molecule has 1 aliphatic carbocycles. The fourth-order valence-corrected chi connectivity index (χ4v) is 3.65. The quantitative estimate of drug-likeness (QED) is 0.186. The molecule has 34 heavy (non-hydrogen) atoms. The molecule has 0 amide bonds. The Kier molecular flexibility index (Phi) is 9.31. The summed E-state index contributed by atoms with van der Waals surface area (Å²) in [5, 5.41) is 9.22. The monoisotopic (exact) mass is 480 g/mol. The van der Waals surface area contributed by atoms with Gasteiger partial charge in [-0.25, -0.2) is 9.18 Å². The number of rotatable bonds is 10. The molecule has 0 aromatic heterocycles. The van der Waals surface area contributed by atoms with Crippen LogP contribution in [-0.4, -0.2) is 30.9 Å². The van der Waals surface area contributed by atoms with Gasteiger partial charge < -0.3 is 14.6 Å². The number of halogens is 1. The molecule has 0 radical (unpaired) electrons. The van der Waals surface area contributed by atoms with Crippen molar-refractivity contribution in [2.75, 3.05) is 19.8 Å².